The van der Waals surface area contributed by atoms with Gasteiger partial charge in [-0.25, -0.2) is 0 Å². The Morgan fingerprint density at radius 2 is 1.38 bits per heavy atom. The van der Waals surface area contributed by atoms with E-state index in [0.717, 1.165) is 18.8 Å². The molecule has 5 aliphatic rings. The first kappa shape index (κ1) is 23.4. The van der Waals surface area contributed by atoms with Crippen molar-refractivity contribution in [3.63, 3.8) is 0 Å². The number of aliphatic hydroxyl groups is 2. The first-order valence-corrected chi connectivity index (χ1v) is 13.7. The summed E-state index contributed by atoms with van der Waals surface area (Å²) >= 11 is 0. The lowest BCUT2D eigenvalue weighted by Crippen LogP contribution is -2.66. The molecule has 0 radical (unpaired) electrons. The molecule has 0 heterocycles. The Kier molecular flexibility index (Phi) is 4.87. The normalized spacial score (nSPS) is 56.2. The summed E-state index contributed by atoms with van der Waals surface area (Å²) in [6.07, 6.45) is 13.0. The van der Waals surface area contributed by atoms with Gasteiger partial charge in [-0.05, 0) is 103 Å². The monoisotopic (exact) mass is 442 g/mol. The summed E-state index contributed by atoms with van der Waals surface area (Å²) in [5, 5.41) is 21.8. The van der Waals surface area contributed by atoms with Gasteiger partial charge in [-0.1, -0.05) is 67.0 Å². The van der Waals surface area contributed by atoms with Gasteiger partial charge in [0, 0.05) is 5.41 Å². The highest BCUT2D eigenvalue weighted by Gasteiger charge is 2.68. The van der Waals surface area contributed by atoms with Gasteiger partial charge in [0.2, 0.25) is 0 Å². The molecule has 5 rings (SSSR count). The van der Waals surface area contributed by atoms with E-state index in [1.165, 1.54) is 44.9 Å². The minimum absolute atomic E-state index is 0.0310. The van der Waals surface area contributed by atoms with Gasteiger partial charge in [-0.15, -0.1) is 0 Å². The SMILES string of the molecule is CC1(C)C=C2C3CCC4[C@@]5(C)CC[C@H](O)C(C)(C)C5CC[C@@]4(C)[C@]3(C)CC[C@@]2(C)C[C@H]1O. The van der Waals surface area contributed by atoms with Crippen molar-refractivity contribution in [1.82, 2.24) is 0 Å². The predicted molar refractivity (Wildman–Crippen MR) is 132 cm³/mol. The van der Waals surface area contributed by atoms with Crippen LogP contribution in [0.3, 0.4) is 0 Å². The van der Waals surface area contributed by atoms with Crippen molar-refractivity contribution in [2.45, 2.75) is 125 Å². The zero-order chi connectivity index (χ0) is 23.5. The zero-order valence-electron chi connectivity index (χ0n) is 22.2. The minimum atomic E-state index is -0.224. The van der Waals surface area contributed by atoms with Gasteiger partial charge in [0.15, 0.2) is 0 Å². The maximum absolute atomic E-state index is 10.9. The fraction of sp³-hybridized carbons (Fsp3) is 0.933. The lowest BCUT2D eigenvalue weighted by atomic mass is 9.32. The summed E-state index contributed by atoms with van der Waals surface area (Å²) in [5.41, 5.74) is 2.85. The van der Waals surface area contributed by atoms with Crippen LogP contribution in [0.2, 0.25) is 0 Å². The first-order chi connectivity index (χ1) is 14.6. The van der Waals surface area contributed by atoms with Gasteiger partial charge >= 0.3 is 0 Å². The molecule has 0 aromatic carbocycles. The minimum Gasteiger partial charge on any atom is -0.393 e. The summed E-state index contributed by atoms with van der Waals surface area (Å²) in [6, 6.07) is 0. The van der Waals surface area contributed by atoms with Crippen LogP contribution in [0.4, 0.5) is 0 Å². The molecule has 32 heavy (non-hydrogen) atoms. The number of aliphatic hydroxyl groups excluding tert-OH is 2. The van der Waals surface area contributed by atoms with Gasteiger partial charge < -0.3 is 10.2 Å². The first-order valence-electron chi connectivity index (χ1n) is 13.7. The summed E-state index contributed by atoms with van der Waals surface area (Å²) in [6.45, 7) is 19.6. The highest BCUT2D eigenvalue weighted by molar-refractivity contribution is 5.32. The van der Waals surface area contributed by atoms with Crippen molar-refractivity contribution in [3.05, 3.63) is 11.6 Å². The summed E-state index contributed by atoms with van der Waals surface area (Å²) in [4.78, 5) is 0. The Labute approximate surface area is 197 Å². The topological polar surface area (TPSA) is 40.5 Å². The van der Waals surface area contributed by atoms with Crippen LogP contribution in [-0.4, -0.2) is 22.4 Å². The molecule has 2 nitrogen and oxygen atoms in total. The van der Waals surface area contributed by atoms with E-state index in [9.17, 15) is 10.2 Å². The van der Waals surface area contributed by atoms with E-state index in [1.807, 2.05) is 0 Å². The number of allylic oxidation sites excluding steroid dienone is 1. The van der Waals surface area contributed by atoms with Gasteiger partial charge in [0.05, 0.1) is 12.2 Å². The predicted octanol–water partition coefficient (Wildman–Crippen LogP) is 7.14. The van der Waals surface area contributed by atoms with Crippen LogP contribution in [-0.2, 0) is 0 Å². The molecule has 0 aromatic rings. The van der Waals surface area contributed by atoms with E-state index in [0.29, 0.717) is 28.1 Å². The second kappa shape index (κ2) is 6.66. The molecule has 0 aromatic heterocycles. The number of hydrogen-bond donors (Lipinski definition) is 2. The lowest BCUT2D eigenvalue weighted by molar-refractivity contribution is -0.229. The second-order valence-corrected chi connectivity index (χ2v) is 15.2. The van der Waals surface area contributed by atoms with Crippen LogP contribution in [0, 0.1) is 50.2 Å². The third-order valence-corrected chi connectivity index (χ3v) is 13.1. The largest absolute Gasteiger partial charge is 0.393 e. The Morgan fingerprint density at radius 3 is 2.06 bits per heavy atom. The molecule has 0 amide bonds. The summed E-state index contributed by atoms with van der Waals surface area (Å²) < 4.78 is 0. The van der Waals surface area contributed by atoms with Gasteiger partial charge in [0.1, 0.15) is 0 Å². The highest BCUT2D eigenvalue weighted by Crippen LogP contribution is 2.76. The molecule has 4 fully saturated rings. The molecule has 3 unspecified atom stereocenters. The molecule has 0 aliphatic heterocycles. The number of hydrogen-bond acceptors (Lipinski definition) is 2. The number of rotatable bonds is 0. The van der Waals surface area contributed by atoms with Crippen molar-refractivity contribution in [3.8, 4) is 0 Å². The van der Waals surface area contributed by atoms with E-state index >= 15 is 0 Å². The van der Waals surface area contributed by atoms with E-state index in [4.69, 9.17) is 0 Å². The molecule has 9 atom stereocenters. The standard InChI is InChI=1S/C30H50O2/c1-25(2)17-20-19-9-10-22-28(6)13-12-23(31)26(3,4)21(28)11-14-30(22,8)29(19,7)16-15-27(20,5)18-24(25)32/h17,19,21-24,31-32H,9-16,18H2,1-8H3/t19?,21?,22?,23-,24+,27-,28-,29+,30+/m0/s1. The Hall–Kier alpha value is -0.340. The second-order valence-electron chi connectivity index (χ2n) is 15.2. The molecular weight excluding hydrogens is 392 g/mol. The van der Waals surface area contributed by atoms with Crippen LogP contribution in [0.25, 0.3) is 0 Å². The smallest absolute Gasteiger partial charge is 0.0633 e. The van der Waals surface area contributed by atoms with Gasteiger partial charge in [-0.2, -0.15) is 0 Å². The Bertz CT molecular complexity index is 825. The molecular formula is C30H50O2. The molecule has 5 aliphatic carbocycles. The molecule has 0 bridgehead atoms. The third-order valence-electron chi connectivity index (χ3n) is 13.1. The average Bonchev–Trinajstić information content (AvgIpc) is 2.68. The van der Waals surface area contributed by atoms with Crippen molar-refractivity contribution < 1.29 is 10.2 Å². The maximum atomic E-state index is 10.9. The fourth-order valence-electron chi connectivity index (χ4n) is 10.7. The zero-order valence-corrected chi connectivity index (χ0v) is 22.2. The van der Waals surface area contributed by atoms with Crippen LogP contribution in [0.15, 0.2) is 11.6 Å². The molecule has 182 valence electrons. The fourth-order valence-corrected chi connectivity index (χ4v) is 10.7. The van der Waals surface area contributed by atoms with Crippen molar-refractivity contribution in [2.75, 3.05) is 0 Å². The summed E-state index contributed by atoms with van der Waals surface area (Å²) in [5.74, 6) is 2.05. The molecule has 0 spiro atoms. The Morgan fingerprint density at radius 1 is 0.688 bits per heavy atom. The quantitative estimate of drug-likeness (QED) is 0.391. The lowest BCUT2D eigenvalue weighted by Gasteiger charge is -2.72. The van der Waals surface area contributed by atoms with Crippen molar-refractivity contribution in [1.29, 1.82) is 0 Å². The van der Waals surface area contributed by atoms with E-state index in [-0.39, 0.29) is 28.5 Å². The maximum Gasteiger partial charge on any atom is 0.0633 e. The van der Waals surface area contributed by atoms with Crippen molar-refractivity contribution >= 4 is 0 Å². The van der Waals surface area contributed by atoms with E-state index in [2.05, 4.69) is 61.5 Å². The van der Waals surface area contributed by atoms with Crippen LogP contribution in [0.1, 0.15) is 113 Å². The average molecular weight is 443 g/mol. The molecule has 0 saturated heterocycles. The highest BCUT2D eigenvalue weighted by atomic mass is 16.3. The van der Waals surface area contributed by atoms with Crippen molar-refractivity contribution in [2.24, 2.45) is 50.2 Å². The summed E-state index contributed by atoms with van der Waals surface area (Å²) in [7, 11) is 0. The Balaban J connectivity index is 1.56. The molecule has 2 N–H and O–H groups in total. The third kappa shape index (κ3) is 2.72. The van der Waals surface area contributed by atoms with Gasteiger partial charge in [-0.3, -0.25) is 0 Å². The molecule has 4 saturated carbocycles. The van der Waals surface area contributed by atoms with E-state index < -0.39 is 0 Å². The van der Waals surface area contributed by atoms with Crippen LogP contribution >= 0.6 is 0 Å². The van der Waals surface area contributed by atoms with Crippen LogP contribution in [0.5, 0.6) is 0 Å². The van der Waals surface area contributed by atoms with Gasteiger partial charge in [0.25, 0.3) is 0 Å². The van der Waals surface area contributed by atoms with E-state index in [1.54, 1.807) is 5.57 Å². The molecule has 2 heteroatoms. The number of fused-ring (bicyclic) bond motifs is 7. The van der Waals surface area contributed by atoms with Crippen LogP contribution < -0.4 is 0 Å².